The zero-order valence-electron chi connectivity index (χ0n) is 6.79. The van der Waals surface area contributed by atoms with Crippen molar-refractivity contribution in [2.75, 3.05) is 12.4 Å². The van der Waals surface area contributed by atoms with Crippen molar-refractivity contribution < 1.29 is 4.42 Å². The minimum atomic E-state index is 0.361. The van der Waals surface area contributed by atoms with E-state index in [0.29, 0.717) is 23.4 Å². The highest BCUT2D eigenvalue weighted by molar-refractivity contribution is 5.45. The highest BCUT2D eigenvalue weighted by Crippen LogP contribution is 2.40. The van der Waals surface area contributed by atoms with Crippen LogP contribution in [0, 0.1) is 11.3 Å². The van der Waals surface area contributed by atoms with E-state index in [2.05, 4.69) is 10.3 Å². The van der Waals surface area contributed by atoms with E-state index in [1.165, 1.54) is 0 Å². The fourth-order valence-electron chi connectivity index (χ4n) is 1.09. The summed E-state index contributed by atoms with van der Waals surface area (Å²) in [6.45, 7) is 0. The van der Waals surface area contributed by atoms with Crippen LogP contribution in [0.4, 0.5) is 5.88 Å². The maximum absolute atomic E-state index is 8.65. The molecule has 1 N–H and O–H groups in total. The van der Waals surface area contributed by atoms with Gasteiger partial charge in [-0.15, -0.1) is 0 Å². The first-order valence-electron chi connectivity index (χ1n) is 3.93. The Bertz CT molecular complexity index is 333. The molecule has 1 aromatic heterocycles. The fourth-order valence-corrected chi connectivity index (χ4v) is 1.09. The van der Waals surface area contributed by atoms with Gasteiger partial charge in [-0.1, -0.05) is 0 Å². The molecule has 0 aromatic carbocycles. The fraction of sp³-hybridized carbons (Fsp3) is 0.500. The van der Waals surface area contributed by atoms with Gasteiger partial charge in [0.2, 0.25) is 17.5 Å². The number of hydrogen-bond donors (Lipinski definition) is 1. The quantitative estimate of drug-likeness (QED) is 0.717. The van der Waals surface area contributed by atoms with Crippen LogP contribution < -0.4 is 5.32 Å². The van der Waals surface area contributed by atoms with Gasteiger partial charge in [-0.3, -0.25) is 0 Å². The highest BCUT2D eigenvalue weighted by Gasteiger charge is 2.30. The predicted octanol–water partition coefficient (Wildman–Crippen LogP) is 1.47. The van der Waals surface area contributed by atoms with E-state index in [1.54, 1.807) is 7.05 Å². The van der Waals surface area contributed by atoms with Crippen molar-refractivity contribution in [3.8, 4) is 6.07 Å². The van der Waals surface area contributed by atoms with Crippen molar-refractivity contribution in [3.05, 3.63) is 11.6 Å². The lowest BCUT2D eigenvalue weighted by molar-refractivity contribution is 0.510. The van der Waals surface area contributed by atoms with Crippen LogP contribution >= 0.6 is 0 Å². The third-order valence-electron chi connectivity index (χ3n) is 1.90. The Morgan fingerprint density at radius 1 is 1.67 bits per heavy atom. The average Bonchev–Trinajstić information content (AvgIpc) is 2.85. The predicted molar refractivity (Wildman–Crippen MR) is 42.7 cm³/mol. The molecule has 4 heteroatoms. The molecule has 1 aliphatic rings. The Labute approximate surface area is 70.2 Å². The average molecular weight is 163 g/mol. The zero-order valence-corrected chi connectivity index (χ0v) is 6.79. The molecule has 1 fully saturated rings. The summed E-state index contributed by atoms with van der Waals surface area (Å²) >= 11 is 0. The molecular weight excluding hydrogens is 154 g/mol. The largest absolute Gasteiger partial charge is 0.424 e. The van der Waals surface area contributed by atoms with Crippen LogP contribution in [0.3, 0.4) is 0 Å². The second kappa shape index (κ2) is 2.52. The molecule has 1 heterocycles. The first-order chi connectivity index (χ1) is 5.85. The van der Waals surface area contributed by atoms with E-state index in [0.717, 1.165) is 12.8 Å². The number of nitriles is 1. The van der Waals surface area contributed by atoms with Crippen LogP contribution in [0.15, 0.2) is 4.42 Å². The Hall–Kier alpha value is -1.50. The minimum absolute atomic E-state index is 0.361. The van der Waals surface area contributed by atoms with Crippen molar-refractivity contribution in [1.82, 2.24) is 4.98 Å². The van der Waals surface area contributed by atoms with E-state index in [9.17, 15) is 0 Å². The number of rotatable bonds is 2. The van der Waals surface area contributed by atoms with Crippen LogP contribution in [0.25, 0.3) is 0 Å². The monoisotopic (exact) mass is 163 g/mol. The molecule has 0 atom stereocenters. The molecule has 0 bridgehead atoms. The van der Waals surface area contributed by atoms with Crippen molar-refractivity contribution in [3.63, 3.8) is 0 Å². The van der Waals surface area contributed by atoms with Gasteiger partial charge >= 0.3 is 0 Å². The molecule has 0 radical (unpaired) electrons. The molecule has 1 aliphatic carbocycles. The van der Waals surface area contributed by atoms with Crippen LogP contribution in [0.5, 0.6) is 0 Å². The van der Waals surface area contributed by atoms with Crippen LogP contribution in [-0.4, -0.2) is 12.0 Å². The molecule has 0 saturated heterocycles. The summed E-state index contributed by atoms with van der Waals surface area (Å²) in [5, 5.41) is 11.5. The van der Waals surface area contributed by atoms with Crippen LogP contribution in [-0.2, 0) is 0 Å². The normalized spacial score (nSPS) is 15.7. The maximum atomic E-state index is 8.65. The number of nitrogens with one attached hydrogen (secondary N) is 1. The topological polar surface area (TPSA) is 61.9 Å². The smallest absolute Gasteiger partial charge is 0.231 e. The van der Waals surface area contributed by atoms with E-state index in [-0.39, 0.29) is 0 Å². The lowest BCUT2D eigenvalue weighted by Crippen LogP contribution is -1.87. The Morgan fingerprint density at radius 2 is 2.42 bits per heavy atom. The zero-order chi connectivity index (χ0) is 8.55. The molecule has 0 unspecified atom stereocenters. The molecule has 2 rings (SSSR count). The van der Waals surface area contributed by atoms with Crippen LogP contribution in [0.1, 0.15) is 30.3 Å². The molecule has 0 amide bonds. The van der Waals surface area contributed by atoms with Gasteiger partial charge in [0.15, 0.2) is 0 Å². The Kier molecular flexibility index (Phi) is 1.51. The summed E-state index contributed by atoms with van der Waals surface area (Å²) in [7, 11) is 1.72. The third-order valence-corrected chi connectivity index (χ3v) is 1.90. The van der Waals surface area contributed by atoms with Crippen molar-refractivity contribution in [1.29, 1.82) is 5.26 Å². The van der Waals surface area contributed by atoms with Gasteiger partial charge in [0.1, 0.15) is 6.07 Å². The van der Waals surface area contributed by atoms with E-state index in [1.807, 2.05) is 6.07 Å². The van der Waals surface area contributed by atoms with Crippen molar-refractivity contribution >= 4 is 5.88 Å². The number of oxazole rings is 1. The van der Waals surface area contributed by atoms with Crippen molar-refractivity contribution in [2.45, 2.75) is 18.8 Å². The first-order valence-corrected chi connectivity index (χ1v) is 3.93. The van der Waals surface area contributed by atoms with E-state index >= 15 is 0 Å². The number of hydrogen-bond acceptors (Lipinski definition) is 4. The summed E-state index contributed by atoms with van der Waals surface area (Å²) in [6.07, 6.45) is 2.27. The Balaban J connectivity index is 2.35. The molecule has 0 aliphatic heterocycles. The SMILES string of the molecule is CNc1oc(C2CC2)nc1C#N. The molecule has 1 aromatic rings. The van der Waals surface area contributed by atoms with Gasteiger partial charge in [0, 0.05) is 13.0 Å². The lowest BCUT2D eigenvalue weighted by Gasteiger charge is -1.89. The van der Waals surface area contributed by atoms with Crippen molar-refractivity contribution in [2.24, 2.45) is 0 Å². The minimum Gasteiger partial charge on any atom is -0.424 e. The van der Waals surface area contributed by atoms with Gasteiger partial charge in [-0.2, -0.15) is 5.26 Å². The maximum Gasteiger partial charge on any atom is 0.231 e. The van der Waals surface area contributed by atoms with Gasteiger partial charge in [0.25, 0.3) is 0 Å². The Morgan fingerprint density at radius 3 is 2.83 bits per heavy atom. The molecule has 0 spiro atoms. The second-order valence-electron chi connectivity index (χ2n) is 2.87. The van der Waals surface area contributed by atoms with Gasteiger partial charge < -0.3 is 9.73 Å². The number of anilines is 1. The molecule has 62 valence electrons. The number of aromatic nitrogens is 1. The summed E-state index contributed by atoms with van der Waals surface area (Å²) in [6, 6.07) is 1.98. The number of nitrogens with zero attached hydrogens (tertiary/aromatic N) is 2. The van der Waals surface area contributed by atoms with Crippen LogP contribution in [0.2, 0.25) is 0 Å². The summed E-state index contributed by atoms with van der Waals surface area (Å²) in [4.78, 5) is 4.07. The summed E-state index contributed by atoms with van der Waals surface area (Å²) in [5.41, 5.74) is 0.361. The van der Waals surface area contributed by atoms with E-state index < -0.39 is 0 Å². The summed E-state index contributed by atoms with van der Waals surface area (Å²) < 4.78 is 5.33. The molecule has 1 saturated carbocycles. The first kappa shape index (κ1) is 7.17. The molecule has 12 heavy (non-hydrogen) atoms. The second-order valence-corrected chi connectivity index (χ2v) is 2.87. The van der Waals surface area contributed by atoms with E-state index in [4.69, 9.17) is 9.68 Å². The standard InChI is InChI=1S/C8H9N3O/c1-10-8-6(4-9)11-7(12-8)5-2-3-5/h5,10H,2-3H2,1H3. The van der Waals surface area contributed by atoms with Gasteiger partial charge in [-0.05, 0) is 12.8 Å². The lowest BCUT2D eigenvalue weighted by atomic mass is 10.4. The molecular formula is C8H9N3O. The third kappa shape index (κ3) is 1.03. The summed E-state index contributed by atoms with van der Waals surface area (Å²) in [5.74, 6) is 1.65. The van der Waals surface area contributed by atoms with Gasteiger partial charge in [0.05, 0.1) is 0 Å². The molecule has 4 nitrogen and oxygen atoms in total. The highest BCUT2D eigenvalue weighted by atomic mass is 16.4. The van der Waals surface area contributed by atoms with Gasteiger partial charge in [-0.25, -0.2) is 4.98 Å².